The first kappa shape index (κ1) is 21.4. The van der Waals surface area contributed by atoms with Crippen molar-refractivity contribution in [3.05, 3.63) is 71.8 Å². The van der Waals surface area contributed by atoms with E-state index >= 15 is 0 Å². The van der Waals surface area contributed by atoms with E-state index in [4.69, 9.17) is 28.4 Å². The fourth-order valence-electron chi connectivity index (χ4n) is 3.76. The summed E-state index contributed by atoms with van der Waals surface area (Å²) >= 11 is 0. The first-order chi connectivity index (χ1) is 14.6. The van der Waals surface area contributed by atoms with Crippen molar-refractivity contribution in [2.45, 2.75) is 57.5 Å². The summed E-state index contributed by atoms with van der Waals surface area (Å²) < 4.78 is 35.7. The molecule has 0 amide bonds. The zero-order valence-corrected chi connectivity index (χ0v) is 17.6. The summed E-state index contributed by atoms with van der Waals surface area (Å²) in [5.74, 6) is -0.684. The summed E-state index contributed by atoms with van der Waals surface area (Å²) in [7, 11) is 0. The lowest BCUT2D eigenvalue weighted by Crippen LogP contribution is -2.39. The molecule has 2 heterocycles. The number of hydrogen-bond acceptors (Lipinski definition) is 6. The van der Waals surface area contributed by atoms with E-state index in [1.165, 1.54) is 0 Å². The number of rotatable bonds is 10. The first-order valence-corrected chi connectivity index (χ1v) is 10.5. The van der Waals surface area contributed by atoms with Crippen LogP contribution in [0.4, 0.5) is 0 Å². The second kappa shape index (κ2) is 10.0. The van der Waals surface area contributed by atoms with Gasteiger partial charge in [0, 0.05) is 0 Å². The van der Waals surface area contributed by atoms with Gasteiger partial charge in [-0.1, -0.05) is 60.7 Å². The summed E-state index contributed by atoms with van der Waals surface area (Å²) in [5, 5.41) is 0. The second-order valence-corrected chi connectivity index (χ2v) is 8.02. The van der Waals surface area contributed by atoms with Crippen molar-refractivity contribution in [2.75, 3.05) is 19.8 Å². The highest BCUT2D eigenvalue weighted by Crippen LogP contribution is 2.38. The van der Waals surface area contributed by atoms with Gasteiger partial charge >= 0.3 is 0 Å². The monoisotopic (exact) mass is 414 g/mol. The Kier molecular flexibility index (Phi) is 7.15. The molecule has 162 valence electrons. The summed E-state index contributed by atoms with van der Waals surface area (Å²) in [5.41, 5.74) is 2.26. The van der Waals surface area contributed by atoms with Crippen LogP contribution in [-0.2, 0) is 41.6 Å². The topological polar surface area (TPSA) is 55.4 Å². The Morgan fingerprint density at radius 3 is 2.10 bits per heavy atom. The van der Waals surface area contributed by atoms with Crippen LogP contribution in [0.1, 0.15) is 25.0 Å². The molecule has 4 atom stereocenters. The predicted molar refractivity (Wildman–Crippen MR) is 111 cm³/mol. The highest BCUT2D eigenvalue weighted by Gasteiger charge is 2.55. The molecular weight excluding hydrogens is 384 g/mol. The van der Waals surface area contributed by atoms with Gasteiger partial charge in [0.15, 0.2) is 12.1 Å². The van der Waals surface area contributed by atoms with Gasteiger partial charge in [-0.05, 0) is 25.0 Å². The van der Waals surface area contributed by atoms with Crippen LogP contribution in [-0.4, -0.2) is 50.2 Å². The minimum Gasteiger partial charge on any atom is -0.374 e. The van der Waals surface area contributed by atoms with E-state index in [9.17, 15) is 0 Å². The van der Waals surface area contributed by atoms with Crippen molar-refractivity contribution >= 4 is 0 Å². The number of hydrogen-bond donors (Lipinski definition) is 0. The van der Waals surface area contributed by atoms with Gasteiger partial charge in [-0.25, -0.2) is 0 Å². The highest BCUT2D eigenvalue weighted by atomic mass is 16.8. The lowest BCUT2D eigenvalue weighted by Gasteiger charge is -2.26. The Hall–Kier alpha value is -1.80. The standard InChI is InChI=1S/C24H30O6/c1-24(2)29-22-21(27-14-13-25-15-18-9-5-3-6-10-18)20(28-23(22)30-24)17-26-16-19-11-7-4-8-12-19/h3-12,20-23H,13-17H2,1-2H3/t20-,21-,22-,23-/m1/s1. The molecule has 30 heavy (non-hydrogen) atoms. The predicted octanol–water partition coefficient (Wildman–Crippen LogP) is 3.68. The Balaban J connectivity index is 1.26. The van der Waals surface area contributed by atoms with Gasteiger partial charge in [-0.3, -0.25) is 0 Å². The fourth-order valence-corrected chi connectivity index (χ4v) is 3.76. The van der Waals surface area contributed by atoms with Crippen molar-refractivity contribution in [2.24, 2.45) is 0 Å². The Morgan fingerprint density at radius 1 is 0.800 bits per heavy atom. The highest BCUT2D eigenvalue weighted by molar-refractivity contribution is 5.14. The zero-order chi connectivity index (χ0) is 20.8. The quantitative estimate of drug-likeness (QED) is 0.553. The Morgan fingerprint density at radius 2 is 1.43 bits per heavy atom. The van der Waals surface area contributed by atoms with Gasteiger partial charge in [-0.2, -0.15) is 0 Å². The van der Waals surface area contributed by atoms with Crippen LogP contribution in [0.5, 0.6) is 0 Å². The van der Waals surface area contributed by atoms with Crippen molar-refractivity contribution in [1.29, 1.82) is 0 Å². The van der Waals surface area contributed by atoms with Crippen LogP contribution in [0.2, 0.25) is 0 Å². The Bertz CT molecular complexity index is 766. The smallest absolute Gasteiger partial charge is 0.190 e. The molecule has 2 aromatic carbocycles. The number of benzene rings is 2. The summed E-state index contributed by atoms with van der Waals surface area (Å²) in [4.78, 5) is 0. The van der Waals surface area contributed by atoms with Crippen LogP contribution in [0, 0.1) is 0 Å². The molecule has 2 saturated heterocycles. The lowest BCUT2D eigenvalue weighted by atomic mass is 10.1. The third-order valence-electron chi connectivity index (χ3n) is 5.13. The van der Waals surface area contributed by atoms with Crippen molar-refractivity contribution in [3.63, 3.8) is 0 Å². The van der Waals surface area contributed by atoms with E-state index < -0.39 is 12.1 Å². The molecular formula is C24H30O6. The van der Waals surface area contributed by atoms with E-state index in [0.29, 0.717) is 33.0 Å². The lowest BCUT2D eigenvalue weighted by molar-refractivity contribution is -0.224. The van der Waals surface area contributed by atoms with Crippen LogP contribution in [0.15, 0.2) is 60.7 Å². The van der Waals surface area contributed by atoms with E-state index in [0.717, 1.165) is 11.1 Å². The number of fused-ring (bicyclic) bond motifs is 1. The van der Waals surface area contributed by atoms with Gasteiger partial charge in [0.2, 0.25) is 0 Å². The molecule has 4 rings (SSSR count). The fraction of sp³-hybridized carbons (Fsp3) is 0.500. The van der Waals surface area contributed by atoms with E-state index in [2.05, 4.69) is 0 Å². The molecule has 0 aromatic heterocycles. The molecule has 0 spiro atoms. The molecule has 2 aliphatic rings. The molecule has 0 bridgehead atoms. The molecule has 0 aliphatic carbocycles. The van der Waals surface area contributed by atoms with Crippen LogP contribution >= 0.6 is 0 Å². The van der Waals surface area contributed by atoms with Crippen LogP contribution < -0.4 is 0 Å². The van der Waals surface area contributed by atoms with Crippen molar-refractivity contribution in [1.82, 2.24) is 0 Å². The zero-order valence-electron chi connectivity index (χ0n) is 17.6. The molecule has 2 aromatic rings. The van der Waals surface area contributed by atoms with Crippen LogP contribution in [0.3, 0.4) is 0 Å². The molecule has 0 N–H and O–H groups in total. The average molecular weight is 414 g/mol. The Labute approximate surface area is 178 Å². The van der Waals surface area contributed by atoms with Crippen LogP contribution in [0.25, 0.3) is 0 Å². The third-order valence-corrected chi connectivity index (χ3v) is 5.13. The van der Waals surface area contributed by atoms with E-state index in [1.807, 2.05) is 74.5 Å². The van der Waals surface area contributed by atoms with E-state index in [1.54, 1.807) is 0 Å². The normalized spacial score (nSPS) is 27.3. The largest absolute Gasteiger partial charge is 0.374 e. The van der Waals surface area contributed by atoms with Gasteiger partial charge < -0.3 is 28.4 Å². The molecule has 0 saturated carbocycles. The molecule has 0 unspecified atom stereocenters. The van der Waals surface area contributed by atoms with Gasteiger partial charge in [0.1, 0.15) is 18.3 Å². The molecule has 6 nitrogen and oxygen atoms in total. The number of ether oxygens (including phenoxy) is 6. The summed E-state index contributed by atoms with van der Waals surface area (Å²) in [6.07, 6.45) is -1.25. The molecule has 2 aliphatic heterocycles. The minimum absolute atomic E-state index is 0.256. The van der Waals surface area contributed by atoms with E-state index in [-0.39, 0.29) is 18.3 Å². The minimum atomic E-state index is -0.684. The maximum Gasteiger partial charge on any atom is 0.190 e. The molecule has 2 fully saturated rings. The van der Waals surface area contributed by atoms with Gasteiger partial charge in [0.25, 0.3) is 0 Å². The van der Waals surface area contributed by atoms with Crippen molar-refractivity contribution in [3.8, 4) is 0 Å². The maximum absolute atomic E-state index is 6.13. The third kappa shape index (κ3) is 5.66. The average Bonchev–Trinajstić information content (AvgIpc) is 3.21. The maximum atomic E-state index is 6.13. The summed E-state index contributed by atoms with van der Waals surface area (Å²) in [6.45, 7) is 6.20. The van der Waals surface area contributed by atoms with Gasteiger partial charge in [0.05, 0.1) is 33.0 Å². The van der Waals surface area contributed by atoms with Crippen molar-refractivity contribution < 1.29 is 28.4 Å². The van der Waals surface area contributed by atoms with Gasteiger partial charge in [-0.15, -0.1) is 0 Å². The first-order valence-electron chi connectivity index (χ1n) is 10.5. The molecule has 6 heteroatoms. The summed E-state index contributed by atoms with van der Waals surface area (Å²) in [6, 6.07) is 20.2. The second-order valence-electron chi connectivity index (χ2n) is 8.02. The molecule has 0 radical (unpaired) electrons. The SMILES string of the molecule is CC1(C)O[C@H]2O[C@H](COCc3ccccc3)[C@@H](OCCOCc3ccccc3)[C@H]2O1.